The topological polar surface area (TPSA) is 59.4 Å². The summed E-state index contributed by atoms with van der Waals surface area (Å²) in [6.45, 7) is 0. The van der Waals surface area contributed by atoms with Crippen LogP contribution in [-0.2, 0) is 11.2 Å². The van der Waals surface area contributed by atoms with Crippen molar-refractivity contribution in [3.05, 3.63) is 75.7 Å². The summed E-state index contributed by atoms with van der Waals surface area (Å²) in [5.41, 5.74) is 5.38. The van der Waals surface area contributed by atoms with E-state index in [0.29, 0.717) is 0 Å². The maximum absolute atomic E-state index is 12.4. The number of aliphatic hydroxyl groups is 1. The van der Waals surface area contributed by atoms with Crippen molar-refractivity contribution in [2.45, 2.75) is 24.5 Å². The van der Waals surface area contributed by atoms with Gasteiger partial charge in [0.05, 0.1) is 5.01 Å². The van der Waals surface area contributed by atoms with E-state index >= 15 is 0 Å². The highest BCUT2D eigenvalue weighted by molar-refractivity contribution is 7.80. The molecule has 1 aliphatic rings. The molecule has 150 valence electrons. The average molecular weight is 444 g/mol. The molecule has 4 rings (SSSR count). The Hall–Kier alpha value is -1.80. The number of benzene rings is 2. The van der Waals surface area contributed by atoms with Gasteiger partial charge in [0.1, 0.15) is 12.2 Å². The summed E-state index contributed by atoms with van der Waals surface area (Å²) in [6, 6.07) is 16.9. The highest BCUT2D eigenvalue weighted by Crippen LogP contribution is 2.46. The van der Waals surface area contributed by atoms with Gasteiger partial charge in [-0.15, -0.1) is 11.3 Å². The molecular formula is C22H21NO3S3. The Balaban J connectivity index is 1.53. The van der Waals surface area contributed by atoms with E-state index < -0.39 is 18.2 Å². The Kier molecular flexibility index (Phi) is 6.29. The lowest BCUT2D eigenvalue weighted by atomic mass is 9.94. The molecule has 0 bridgehead atoms. The SMILES string of the molecule is O=C(OC(CS)C(O)CS)c1csc(CC2c3ccccc3-c3ccccc32)n1. The van der Waals surface area contributed by atoms with Crippen LogP contribution >= 0.6 is 36.6 Å². The van der Waals surface area contributed by atoms with Crippen LogP contribution in [-0.4, -0.2) is 39.8 Å². The van der Waals surface area contributed by atoms with Crippen LogP contribution in [0.2, 0.25) is 0 Å². The van der Waals surface area contributed by atoms with E-state index in [1.165, 1.54) is 33.6 Å². The highest BCUT2D eigenvalue weighted by Gasteiger charge is 2.29. The van der Waals surface area contributed by atoms with Crippen molar-refractivity contribution in [1.29, 1.82) is 0 Å². The average Bonchev–Trinajstić information content (AvgIpc) is 3.35. The van der Waals surface area contributed by atoms with Gasteiger partial charge in [-0.2, -0.15) is 25.3 Å². The second-order valence-electron chi connectivity index (χ2n) is 6.93. The molecule has 0 fully saturated rings. The number of carbonyl (C=O) groups is 1. The third kappa shape index (κ3) is 4.10. The molecule has 1 N–H and O–H groups in total. The van der Waals surface area contributed by atoms with Gasteiger partial charge in [0.25, 0.3) is 0 Å². The smallest absolute Gasteiger partial charge is 0.358 e. The molecule has 2 atom stereocenters. The van der Waals surface area contributed by atoms with E-state index in [1.54, 1.807) is 5.38 Å². The molecule has 0 spiro atoms. The number of fused-ring (bicyclic) bond motifs is 3. The first kappa shape index (κ1) is 20.5. The summed E-state index contributed by atoms with van der Waals surface area (Å²) in [5, 5.41) is 12.5. The first-order valence-corrected chi connectivity index (χ1v) is 11.5. The zero-order chi connectivity index (χ0) is 20.4. The van der Waals surface area contributed by atoms with Crippen molar-refractivity contribution in [1.82, 2.24) is 4.98 Å². The van der Waals surface area contributed by atoms with Crippen molar-refractivity contribution < 1.29 is 14.6 Å². The number of thiazole rings is 1. The van der Waals surface area contributed by atoms with Gasteiger partial charge in [0, 0.05) is 29.2 Å². The molecule has 1 heterocycles. The van der Waals surface area contributed by atoms with Gasteiger partial charge >= 0.3 is 5.97 Å². The molecule has 2 unspecified atom stereocenters. The highest BCUT2D eigenvalue weighted by atomic mass is 32.1. The summed E-state index contributed by atoms with van der Waals surface area (Å²) in [4.78, 5) is 16.9. The molecular weight excluding hydrogens is 422 g/mol. The van der Waals surface area contributed by atoms with Crippen LogP contribution in [0, 0.1) is 0 Å². The summed E-state index contributed by atoms with van der Waals surface area (Å²) in [5.74, 6) is 0.0924. The summed E-state index contributed by atoms with van der Waals surface area (Å²) in [6.07, 6.45) is -0.840. The quantitative estimate of drug-likeness (QED) is 0.378. The lowest BCUT2D eigenvalue weighted by molar-refractivity contribution is -0.00170. The van der Waals surface area contributed by atoms with Crippen LogP contribution < -0.4 is 0 Å². The number of hydrogen-bond acceptors (Lipinski definition) is 7. The molecule has 1 aromatic heterocycles. The number of rotatable bonds is 7. The van der Waals surface area contributed by atoms with Crippen molar-refractivity contribution in [2.75, 3.05) is 11.5 Å². The zero-order valence-corrected chi connectivity index (χ0v) is 18.2. The largest absolute Gasteiger partial charge is 0.454 e. The molecule has 1 aliphatic carbocycles. The Bertz CT molecular complexity index is 974. The maximum Gasteiger partial charge on any atom is 0.358 e. The van der Waals surface area contributed by atoms with Crippen molar-refractivity contribution in [3.8, 4) is 11.1 Å². The molecule has 7 heteroatoms. The minimum atomic E-state index is -0.857. The zero-order valence-electron chi connectivity index (χ0n) is 15.6. The molecule has 3 aromatic rings. The predicted octanol–water partition coefficient (Wildman–Crippen LogP) is 4.24. The number of nitrogens with zero attached hydrogens (tertiary/aromatic N) is 1. The van der Waals surface area contributed by atoms with Crippen molar-refractivity contribution >= 4 is 42.6 Å². The predicted molar refractivity (Wildman–Crippen MR) is 122 cm³/mol. The number of thiol groups is 2. The van der Waals surface area contributed by atoms with Crippen LogP contribution in [0.5, 0.6) is 0 Å². The first-order chi connectivity index (χ1) is 14.1. The van der Waals surface area contributed by atoms with E-state index in [4.69, 9.17) is 4.74 Å². The van der Waals surface area contributed by atoms with Gasteiger partial charge in [-0.25, -0.2) is 9.78 Å². The second kappa shape index (κ2) is 8.92. The lowest BCUT2D eigenvalue weighted by Crippen LogP contribution is -2.34. The molecule has 2 aromatic carbocycles. The van der Waals surface area contributed by atoms with Gasteiger partial charge < -0.3 is 9.84 Å². The fourth-order valence-electron chi connectivity index (χ4n) is 3.71. The van der Waals surface area contributed by atoms with E-state index in [2.05, 4.69) is 78.8 Å². The molecule has 0 amide bonds. The molecule has 4 nitrogen and oxygen atoms in total. The third-order valence-electron chi connectivity index (χ3n) is 5.16. The Labute approximate surface area is 184 Å². The van der Waals surface area contributed by atoms with Crippen molar-refractivity contribution in [3.63, 3.8) is 0 Å². The normalized spacial score (nSPS) is 14.9. The molecule has 0 saturated heterocycles. The van der Waals surface area contributed by atoms with Gasteiger partial charge in [-0.05, 0) is 22.3 Å². The van der Waals surface area contributed by atoms with Crippen LogP contribution in [0.4, 0.5) is 0 Å². The van der Waals surface area contributed by atoms with E-state index in [1.807, 2.05) is 0 Å². The maximum atomic E-state index is 12.4. The molecule has 0 aliphatic heterocycles. The van der Waals surface area contributed by atoms with E-state index in [9.17, 15) is 9.90 Å². The number of carbonyl (C=O) groups excluding carboxylic acids is 1. The van der Waals surface area contributed by atoms with Crippen LogP contribution in [0.3, 0.4) is 0 Å². The number of aromatic nitrogens is 1. The first-order valence-electron chi connectivity index (χ1n) is 9.35. The number of aliphatic hydroxyl groups excluding tert-OH is 1. The number of esters is 1. The van der Waals surface area contributed by atoms with Gasteiger partial charge in [-0.3, -0.25) is 0 Å². The molecule has 29 heavy (non-hydrogen) atoms. The molecule has 0 radical (unpaired) electrons. The Morgan fingerprint density at radius 3 is 2.28 bits per heavy atom. The van der Waals surface area contributed by atoms with Gasteiger partial charge in [-0.1, -0.05) is 48.5 Å². The third-order valence-corrected chi connectivity index (χ3v) is 6.76. The standard InChI is InChI=1S/C22H21NO3S3/c24-19(10-27)20(11-28)26-22(25)18-12-29-21(23-18)9-17-15-7-3-1-5-13(15)14-6-2-4-8-16(14)17/h1-8,12,17,19-20,24,27-28H,9-11H2. The minimum absolute atomic E-state index is 0.196. The van der Waals surface area contributed by atoms with Gasteiger partial charge in [0.2, 0.25) is 0 Å². The van der Waals surface area contributed by atoms with Crippen LogP contribution in [0.15, 0.2) is 53.9 Å². The fraction of sp³-hybridized carbons (Fsp3) is 0.273. The van der Waals surface area contributed by atoms with Crippen LogP contribution in [0.25, 0.3) is 11.1 Å². The molecule has 0 saturated carbocycles. The van der Waals surface area contributed by atoms with Crippen LogP contribution in [0.1, 0.15) is 32.5 Å². The fourth-order valence-corrected chi connectivity index (χ4v) is 5.07. The Morgan fingerprint density at radius 2 is 1.69 bits per heavy atom. The second-order valence-corrected chi connectivity index (χ2v) is 8.61. The van der Waals surface area contributed by atoms with Crippen molar-refractivity contribution in [2.24, 2.45) is 0 Å². The minimum Gasteiger partial charge on any atom is -0.454 e. The summed E-state index contributed by atoms with van der Waals surface area (Å²) in [7, 11) is 0. The van der Waals surface area contributed by atoms with Gasteiger partial charge in [0.15, 0.2) is 5.69 Å². The summed E-state index contributed by atoms with van der Waals surface area (Å²) >= 11 is 9.64. The van der Waals surface area contributed by atoms with E-state index in [0.717, 1.165) is 11.4 Å². The lowest BCUT2D eigenvalue weighted by Gasteiger charge is -2.19. The monoisotopic (exact) mass is 443 g/mol. The number of hydrogen-bond donors (Lipinski definition) is 3. The summed E-state index contributed by atoms with van der Waals surface area (Å²) < 4.78 is 5.36. The number of ether oxygens (including phenoxy) is 1. The Morgan fingerprint density at radius 1 is 1.07 bits per heavy atom. The van der Waals surface area contributed by atoms with E-state index in [-0.39, 0.29) is 23.1 Å².